The molecule has 0 aliphatic carbocycles. The lowest BCUT2D eigenvalue weighted by molar-refractivity contribution is -0.0000164. The van der Waals surface area contributed by atoms with Gasteiger partial charge >= 0.3 is 0 Å². The third kappa shape index (κ3) is 6.34. The molecule has 0 radical (unpaired) electrons. The van der Waals surface area contributed by atoms with E-state index in [1.807, 2.05) is 18.2 Å². The van der Waals surface area contributed by atoms with Gasteiger partial charge < -0.3 is 36.6 Å². The first kappa shape index (κ1) is 21.9. The van der Waals surface area contributed by atoms with E-state index < -0.39 is 6.10 Å². The molecule has 2 aliphatic rings. The van der Waals surface area contributed by atoms with Crippen molar-refractivity contribution in [1.82, 2.24) is 4.90 Å². The molecule has 0 amide bonds. The number of β-amino-alcohol motifs (C(OH)–C–C–N with tert-alkyl or cyclic N) is 1. The second kappa shape index (κ2) is 10.8. The third-order valence-electron chi connectivity index (χ3n) is 5.56. The summed E-state index contributed by atoms with van der Waals surface area (Å²) in [5.41, 5.74) is 2.45. The zero-order chi connectivity index (χ0) is 19.2. The summed E-state index contributed by atoms with van der Waals surface area (Å²) < 4.78 is 16.4. The Hall–Kier alpha value is -1.79. The van der Waals surface area contributed by atoms with E-state index in [2.05, 4.69) is 35.2 Å². The normalized spacial score (nSPS) is 17.7. The van der Waals surface area contributed by atoms with Crippen LogP contribution in [-0.2, 0) is 17.8 Å². The SMILES string of the molecule is OC(COCc1ccc2c(c1)OCO2)CN1CCC(Cc2ccccc2)CC1.[Cl-]. The second-order valence-electron chi connectivity index (χ2n) is 7.79. The van der Waals surface area contributed by atoms with Gasteiger partial charge in [-0.2, -0.15) is 0 Å². The third-order valence-corrected chi connectivity index (χ3v) is 5.56. The Morgan fingerprint density at radius 3 is 2.55 bits per heavy atom. The van der Waals surface area contributed by atoms with Crippen LogP contribution in [0, 0.1) is 5.92 Å². The van der Waals surface area contributed by atoms with Crippen molar-refractivity contribution in [3.63, 3.8) is 0 Å². The van der Waals surface area contributed by atoms with E-state index in [0.717, 1.165) is 42.5 Å². The van der Waals surface area contributed by atoms with Gasteiger partial charge in [0.25, 0.3) is 0 Å². The number of hydrogen-bond acceptors (Lipinski definition) is 5. The highest BCUT2D eigenvalue weighted by Gasteiger charge is 2.21. The lowest BCUT2D eigenvalue weighted by atomic mass is 9.90. The highest BCUT2D eigenvalue weighted by Crippen LogP contribution is 2.32. The van der Waals surface area contributed by atoms with E-state index in [9.17, 15) is 5.11 Å². The van der Waals surface area contributed by atoms with Crippen molar-refractivity contribution in [2.75, 3.05) is 33.0 Å². The number of hydrogen-bond donors (Lipinski definition) is 1. The largest absolute Gasteiger partial charge is 1.00 e. The Balaban J connectivity index is 0.00000240. The molecule has 0 aromatic heterocycles. The highest BCUT2D eigenvalue weighted by molar-refractivity contribution is 5.44. The summed E-state index contributed by atoms with van der Waals surface area (Å²) in [7, 11) is 0. The Morgan fingerprint density at radius 2 is 1.76 bits per heavy atom. The fourth-order valence-corrected chi connectivity index (χ4v) is 4.01. The zero-order valence-electron chi connectivity index (χ0n) is 16.6. The fourth-order valence-electron chi connectivity index (χ4n) is 4.01. The van der Waals surface area contributed by atoms with Crippen LogP contribution >= 0.6 is 0 Å². The zero-order valence-corrected chi connectivity index (χ0v) is 17.4. The molecular formula is C23H29ClNO4-. The summed E-state index contributed by atoms with van der Waals surface area (Å²) in [6.07, 6.45) is 3.09. The van der Waals surface area contributed by atoms with E-state index in [-0.39, 0.29) is 19.2 Å². The minimum absolute atomic E-state index is 0. The van der Waals surface area contributed by atoms with Gasteiger partial charge in [0.1, 0.15) is 0 Å². The molecule has 1 N–H and O–H groups in total. The molecule has 2 aromatic rings. The van der Waals surface area contributed by atoms with Crippen LogP contribution in [0.4, 0.5) is 0 Å². The summed E-state index contributed by atoms with van der Waals surface area (Å²) in [6, 6.07) is 16.5. The van der Waals surface area contributed by atoms with E-state index in [1.54, 1.807) is 0 Å². The molecule has 2 heterocycles. The first-order chi connectivity index (χ1) is 13.8. The standard InChI is InChI=1S/C23H29NO4.ClH/c25-21(16-26-15-20-6-7-22-23(13-20)28-17-27-22)14-24-10-8-19(9-11-24)12-18-4-2-1-3-5-18;/h1-7,13,19,21,25H,8-12,14-17H2;1H/p-1. The molecule has 5 nitrogen and oxygen atoms in total. The number of likely N-dealkylation sites (tertiary alicyclic amines) is 1. The van der Waals surface area contributed by atoms with Gasteiger partial charge in [0.2, 0.25) is 6.79 Å². The first-order valence-corrected chi connectivity index (χ1v) is 10.2. The topological polar surface area (TPSA) is 51.2 Å². The van der Waals surface area contributed by atoms with Crippen LogP contribution in [0.1, 0.15) is 24.0 Å². The van der Waals surface area contributed by atoms with Crippen molar-refractivity contribution in [2.45, 2.75) is 32.0 Å². The quantitative estimate of drug-likeness (QED) is 0.666. The monoisotopic (exact) mass is 418 g/mol. The van der Waals surface area contributed by atoms with Gasteiger partial charge in [-0.1, -0.05) is 36.4 Å². The van der Waals surface area contributed by atoms with Crippen molar-refractivity contribution < 1.29 is 31.7 Å². The minimum atomic E-state index is -0.459. The maximum atomic E-state index is 10.3. The second-order valence-corrected chi connectivity index (χ2v) is 7.79. The smallest absolute Gasteiger partial charge is 0.231 e. The number of benzene rings is 2. The van der Waals surface area contributed by atoms with E-state index >= 15 is 0 Å². The number of fused-ring (bicyclic) bond motifs is 1. The van der Waals surface area contributed by atoms with E-state index in [1.165, 1.54) is 18.4 Å². The molecule has 2 aliphatic heterocycles. The Morgan fingerprint density at radius 1 is 1.00 bits per heavy atom. The average molecular weight is 419 g/mol. The first-order valence-electron chi connectivity index (χ1n) is 10.2. The summed E-state index contributed by atoms with van der Waals surface area (Å²) in [6.45, 7) is 3.87. The maximum absolute atomic E-state index is 10.3. The van der Waals surface area contributed by atoms with E-state index in [4.69, 9.17) is 14.2 Å². The van der Waals surface area contributed by atoms with Crippen LogP contribution < -0.4 is 21.9 Å². The molecule has 0 bridgehead atoms. The summed E-state index contributed by atoms with van der Waals surface area (Å²) in [4.78, 5) is 2.36. The molecule has 1 fully saturated rings. The van der Waals surface area contributed by atoms with Crippen LogP contribution in [0.5, 0.6) is 11.5 Å². The summed E-state index contributed by atoms with van der Waals surface area (Å²) in [5.74, 6) is 2.29. The number of rotatable bonds is 8. The van der Waals surface area contributed by atoms with Gasteiger partial charge in [0, 0.05) is 6.54 Å². The number of nitrogens with zero attached hydrogens (tertiary/aromatic N) is 1. The van der Waals surface area contributed by atoms with Crippen molar-refractivity contribution in [3.05, 3.63) is 59.7 Å². The van der Waals surface area contributed by atoms with Gasteiger partial charge in [-0.3, -0.25) is 0 Å². The number of halogens is 1. The van der Waals surface area contributed by atoms with Gasteiger partial charge in [-0.15, -0.1) is 0 Å². The highest BCUT2D eigenvalue weighted by atomic mass is 35.5. The van der Waals surface area contributed by atoms with Crippen molar-refractivity contribution in [1.29, 1.82) is 0 Å². The molecule has 1 unspecified atom stereocenters. The molecule has 2 aromatic carbocycles. The number of ether oxygens (including phenoxy) is 3. The van der Waals surface area contributed by atoms with Gasteiger partial charge in [-0.05, 0) is 61.5 Å². The predicted octanol–water partition coefficient (Wildman–Crippen LogP) is 0.252. The molecular weight excluding hydrogens is 390 g/mol. The molecule has 0 spiro atoms. The van der Waals surface area contributed by atoms with Gasteiger partial charge in [0.05, 0.1) is 19.3 Å². The van der Waals surface area contributed by atoms with Crippen LogP contribution in [0.3, 0.4) is 0 Å². The van der Waals surface area contributed by atoms with Gasteiger partial charge in [-0.25, -0.2) is 0 Å². The lowest BCUT2D eigenvalue weighted by Crippen LogP contribution is -3.00. The van der Waals surface area contributed by atoms with Crippen LogP contribution in [0.15, 0.2) is 48.5 Å². The summed E-state index contributed by atoms with van der Waals surface area (Å²) in [5, 5.41) is 10.3. The van der Waals surface area contributed by atoms with Gasteiger partial charge in [0.15, 0.2) is 11.5 Å². The Bertz CT molecular complexity index is 750. The maximum Gasteiger partial charge on any atom is 0.231 e. The van der Waals surface area contributed by atoms with Crippen LogP contribution in [0.25, 0.3) is 0 Å². The predicted molar refractivity (Wildman–Crippen MR) is 108 cm³/mol. The van der Waals surface area contributed by atoms with Crippen molar-refractivity contribution >= 4 is 0 Å². The minimum Gasteiger partial charge on any atom is -1.00 e. The Kier molecular flexibility index (Phi) is 8.19. The molecule has 158 valence electrons. The average Bonchev–Trinajstić information content (AvgIpc) is 3.18. The molecule has 1 saturated heterocycles. The molecule has 29 heavy (non-hydrogen) atoms. The summed E-state index contributed by atoms with van der Waals surface area (Å²) >= 11 is 0. The number of aliphatic hydroxyl groups is 1. The lowest BCUT2D eigenvalue weighted by Gasteiger charge is -2.33. The Labute approximate surface area is 179 Å². The van der Waals surface area contributed by atoms with Crippen molar-refractivity contribution in [2.24, 2.45) is 5.92 Å². The molecule has 6 heteroatoms. The molecule has 4 rings (SSSR count). The number of piperidine rings is 1. The van der Waals surface area contributed by atoms with Crippen LogP contribution in [0.2, 0.25) is 0 Å². The van der Waals surface area contributed by atoms with Crippen LogP contribution in [-0.4, -0.2) is 49.1 Å². The van der Waals surface area contributed by atoms with E-state index in [0.29, 0.717) is 19.8 Å². The van der Waals surface area contributed by atoms with Crippen molar-refractivity contribution in [3.8, 4) is 11.5 Å². The molecule has 1 atom stereocenters. The number of aliphatic hydroxyl groups excluding tert-OH is 1. The molecule has 0 saturated carbocycles. The fraction of sp³-hybridized carbons (Fsp3) is 0.478.